The minimum atomic E-state index is -0.270. The maximum absolute atomic E-state index is 10.5. The molecule has 0 rings (SSSR count). The van der Waals surface area contributed by atoms with E-state index in [-0.39, 0.29) is 5.91 Å². The van der Waals surface area contributed by atoms with Gasteiger partial charge in [0.2, 0.25) is 5.91 Å². The van der Waals surface area contributed by atoms with Crippen molar-refractivity contribution >= 4 is 21.8 Å². The van der Waals surface area contributed by atoms with Crippen LogP contribution in [0.15, 0.2) is 11.1 Å². The number of halogens is 1. The molecule has 0 aromatic rings. The van der Waals surface area contributed by atoms with Gasteiger partial charge in [0.25, 0.3) is 0 Å². The SMILES string of the molecule is NC(=O)CCCC#CC#CCCCCCCC#C/C=C/Br. The van der Waals surface area contributed by atoms with Gasteiger partial charge in [0.15, 0.2) is 0 Å². The van der Waals surface area contributed by atoms with E-state index < -0.39 is 0 Å². The maximum Gasteiger partial charge on any atom is 0.217 e. The van der Waals surface area contributed by atoms with Crippen LogP contribution < -0.4 is 5.73 Å². The van der Waals surface area contributed by atoms with Crippen LogP contribution in [0.4, 0.5) is 0 Å². The number of primary amides is 1. The number of carbonyl (C=O) groups excluding carboxylic acids is 1. The van der Waals surface area contributed by atoms with Crippen LogP contribution >= 0.6 is 15.9 Å². The number of carbonyl (C=O) groups is 1. The molecule has 0 spiro atoms. The number of allylic oxidation sites excluding steroid dienone is 1. The highest BCUT2D eigenvalue weighted by atomic mass is 79.9. The van der Waals surface area contributed by atoms with Crippen LogP contribution in [0.5, 0.6) is 0 Å². The Kier molecular flexibility index (Phi) is 15.1. The Bertz CT molecular complexity index is 489. The summed E-state index contributed by atoms with van der Waals surface area (Å²) >= 11 is 3.17. The molecule has 3 heteroatoms. The Morgan fingerprint density at radius 2 is 1.48 bits per heavy atom. The fourth-order valence-electron chi connectivity index (χ4n) is 1.51. The van der Waals surface area contributed by atoms with Gasteiger partial charge < -0.3 is 5.73 Å². The lowest BCUT2D eigenvalue weighted by molar-refractivity contribution is -0.118. The highest BCUT2D eigenvalue weighted by molar-refractivity contribution is 9.11. The smallest absolute Gasteiger partial charge is 0.217 e. The fraction of sp³-hybridized carbons (Fsp3) is 0.500. The largest absolute Gasteiger partial charge is 0.370 e. The first-order chi connectivity index (χ1) is 10.3. The summed E-state index contributed by atoms with van der Waals surface area (Å²) in [7, 11) is 0. The van der Waals surface area contributed by atoms with Crippen LogP contribution in [0.2, 0.25) is 0 Å². The van der Waals surface area contributed by atoms with Gasteiger partial charge in [-0.3, -0.25) is 4.79 Å². The lowest BCUT2D eigenvalue weighted by Crippen LogP contribution is -2.09. The van der Waals surface area contributed by atoms with Gasteiger partial charge in [0.05, 0.1) is 0 Å². The average Bonchev–Trinajstić information content (AvgIpc) is 2.46. The maximum atomic E-state index is 10.5. The first-order valence-electron chi connectivity index (χ1n) is 7.25. The van der Waals surface area contributed by atoms with Crippen molar-refractivity contribution in [2.45, 2.75) is 57.8 Å². The molecule has 0 aromatic heterocycles. The second-order valence-corrected chi connectivity index (χ2v) is 4.98. The summed E-state index contributed by atoms with van der Waals surface area (Å²) in [5.74, 6) is 17.4. The van der Waals surface area contributed by atoms with Gasteiger partial charge in [-0.15, -0.1) is 0 Å². The van der Waals surface area contributed by atoms with E-state index >= 15 is 0 Å². The van der Waals surface area contributed by atoms with Crippen molar-refractivity contribution in [1.29, 1.82) is 0 Å². The van der Waals surface area contributed by atoms with Crippen molar-refractivity contribution in [1.82, 2.24) is 0 Å². The summed E-state index contributed by atoms with van der Waals surface area (Å²) in [6, 6.07) is 0. The molecule has 0 aliphatic rings. The van der Waals surface area contributed by atoms with Gasteiger partial charge >= 0.3 is 0 Å². The molecular formula is C18H22BrNO. The average molecular weight is 348 g/mol. The van der Waals surface area contributed by atoms with Gasteiger partial charge in [0, 0.05) is 25.7 Å². The Hall–Kier alpha value is -1.63. The Labute approximate surface area is 137 Å². The first kappa shape index (κ1) is 19.4. The number of amides is 1. The topological polar surface area (TPSA) is 43.1 Å². The zero-order chi connectivity index (χ0) is 15.6. The molecule has 0 unspecified atom stereocenters. The summed E-state index contributed by atoms with van der Waals surface area (Å²) in [6.45, 7) is 0. The molecule has 1 amide bonds. The molecule has 0 saturated carbocycles. The molecule has 0 radical (unpaired) electrons. The highest BCUT2D eigenvalue weighted by Gasteiger charge is 1.90. The van der Waals surface area contributed by atoms with E-state index in [1.54, 1.807) is 11.1 Å². The van der Waals surface area contributed by atoms with Crippen molar-refractivity contribution in [3.05, 3.63) is 11.1 Å². The molecular weight excluding hydrogens is 326 g/mol. The minimum absolute atomic E-state index is 0.270. The van der Waals surface area contributed by atoms with Crippen molar-refractivity contribution < 1.29 is 4.79 Å². The van der Waals surface area contributed by atoms with Crippen LogP contribution in [-0.4, -0.2) is 5.91 Å². The Balaban J connectivity index is 3.40. The second kappa shape index (κ2) is 16.4. The molecule has 2 nitrogen and oxygen atoms in total. The van der Waals surface area contributed by atoms with Crippen LogP contribution in [0.3, 0.4) is 0 Å². The summed E-state index contributed by atoms with van der Waals surface area (Å²) in [4.78, 5) is 12.2. The van der Waals surface area contributed by atoms with Crippen molar-refractivity contribution in [3.8, 4) is 35.5 Å². The monoisotopic (exact) mass is 347 g/mol. The van der Waals surface area contributed by atoms with Crippen LogP contribution in [0, 0.1) is 35.5 Å². The van der Waals surface area contributed by atoms with E-state index in [2.05, 4.69) is 51.5 Å². The quantitative estimate of drug-likeness (QED) is 0.525. The first-order valence-corrected chi connectivity index (χ1v) is 8.16. The van der Waals surface area contributed by atoms with E-state index in [9.17, 15) is 4.79 Å². The van der Waals surface area contributed by atoms with Gasteiger partial charge in [-0.2, -0.15) is 0 Å². The van der Waals surface area contributed by atoms with Gasteiger partial charge in [0.1, 0.15) is 0 Å². The standard InChI is InChI=1S/C18H22BrNO/c19-17-15-13-11-9-7-5-3-1-2-4-6-8-10-12-14-16-18(20)21/h15,17H,1-3,5,7,9,12,14,16H2,(H2,20,21)/b17-15+. The van der Waals surface area contributed by atoms with Crippen LogP contribution in [0.1, 0.15) is 57.8 Å². The Morgan fingerprint density at radius 1 is 0.905 bits per heavy atom. The molecule has 2 N–H and O–H groups in total. The van der Waals surface area contributed by atoms with Crippen molar-refractivity contribution in [2.75, 3.05) is 0 Å². The van der Waals surface area contributed by atoms with Gasteiger partial charge in [-0.05, 0) is 42.2 Å². The van der Waals surface area contributed by atoms with E-state index in [4.69, 9.17) is 5.73 Å². The molecule has 0 bridgehead atoms. The van der Waals surface area contributed by atoms with Gasteiger partial charge in [-0.25, -0.2) is 0 Å². The molecule has 0 saturated heterocycles. The Morgan fingerprint density at radius 3 is 2.05 bits per heavy atom. The number of hydrogen-bond donors (Lipinski definition) is 1. The second-order valence-electron chi connectivity index (χ2n) is 4.45. The predicted octanol–water partition coefficient (Wildman–Crippen LogP) is 3.90. The third-order valence-corrected chi connectivity index (χ3v) is 2.83. The van der Waals surface area contributed by atoms with Crippen LogP contribution in [0.25, 0.3) is 0 Å². The summed E-state index contributed by atoms with van der Waals surface area (Å²) in [6.07, 6.45) is 10.1. The molecule has 112 valence electrons. The van der Waals surface area contributed by atoms with Gasteiger partial charge in [-0.1, -0.05) is 52.5 Å². The fourth-order valence-corrected chi connectivity index (χ4v) is 1.64. The van der Waals surface area contributed by atoms with Crippen molar-refractivity contribution in [3.63, 3.8) is 0 Å². The van der Waals surface area contributed by atoms with E-state index in [1.807, 2.05) is 0 Å². The zero-order valence-electron chi connectivity index (χ0n) is 12.4. The highest BCUT2D eigenvalue weighted by Crippen LogP contribution is 2.04. The lowest BCUT2D eigenvalue weighted by atomic mass is 10.1. The lowest BCUT2D eigenvalue weighted by Gasteiger charge is -1.94. The molecule has 0 heterocycles. The summed E-state index contributed by atoms with van der Waals surface area (Å²) < 4.78 is 0. The molecule has 0 aromatic carbocycles. The summed E-state index contributed by atoms with van der Waals surface area (Å²) in [5.41, 5.74) is 5.03. The van der Waals surface area contributed by atoms with E-state index in [1.165, 1.54) is 12.8 Å². The predicted molar refractivity (Wildman–Crippen MR) is 92.1 cm³/mol. The minimum Gasteiger partial charge on any atom is -0.370 e. The number of hydrogen-bond acceptors (Lipinski definition) is 1. The molecule has 21 heavy (non-hydrogen) atoms. The number of unbranched alkanes of at least 4 members (excludes halogenated alkanes) is 6. The number of rotatable bonds is 8. The molecule has 0 aliphatic heterocycles. The third kappa shape index (κ3) is 18.4. The zero-order valence-corrected chi connectivity index (χ0v) is 14.0. The molecule has 0 atom stereocenters. The van der Waals surface area contributed by atoms with E-state index in [0.29, 0.717) is 12.8 Å². The number of nitrogens with two attached hydrogens (primary N) is 1. The molecule has 0 aliphatic carbocycles. The van der Waals surface area contributed by atoms with Crippen LogP contribution in [-0.2, 0) is 4.79 Å². The van der Waals surface area contributed by atoms with Crippen molar-refractivity contribution in [2.24, 2.45) is 5.73 Å². The normalized spacial score (nSPS) is 9.00. The molecule has 0 fully saturated rings. The summed E-state index contributed by atoms with van der Waals surface area (Å²) in [5, 5.41) is 0. The van der Waals surface area contributed by atoms with E-state index in [0.717, 1.165) is 32.1 Å². The third-order valence-electron chi connectivity index (χ3n) is 2.57.